The van der Waals surface area contributed by atoms with Crippen LogP contribution < -0.4 is 4.74 Å². The summed E-state index contributed by atoms with van der Waals surface area (Å²) >= 11 is 0. The van der Waals surface area contributed by atoms with Crippen molar-refractivity contribution in [1.82, 2.24) is 9.55 Å². The van der Waals surface area contributed by atoms with Crippen LogP contribution in [0.1, 0.15) is 28.5 Å². The minimum atomic E-state index is -0.511. The molecule has 0 aliphatic carbocycles. The molecule has 0 radical (unpaired) electrons. The summed E-state index contributed by atoms with van der Waals surface area (Å²) in [4.78, 5) is 17.4. The summed E-state index contributed by atoms with van der Waals surface area (Å²) in [6.45, 7) is 6.29. The van der Waals surface area contributed by atoms with Crippen LogP contribution in [0.15, 0.2) is 52.7 Å². The third-order valence-corrected chi connectivity index (χ3v) is 5.10. The highest BCUT2D eigenvalue weighted by Crippen LogP contribution is 2.39. The Hall–Kier alpha value is -3.74. The molecule has 0 saturated carbocycles. The molecule has 1 N–H and O–H groups in total. The van der Waals surface area contributed by atoms with Gasteiger partial charge in [0.2, 0.25) is 5.88 Å². The van der Waals surface area contributed by atoms with Crippen molar-refractivity contribution in [1.29, 1.82) is 0 Å². The minimum absolute atomic E-state index is 0.00733. The topological polar surface area (TPSA) is 89.1 Å². The summed E-state index contributed by atoms with van der Waals surface area (Å²) in [5, 5.41) is 20.1. The van der Waals surface area contributed by atoms with Crippen LogP contribution in [0.4, 0.5) is 5.69 Å². The molecule has 0 saturated heterocycles. The predicted octanol–water partition coefficient (Wildman–Crippen LogP) is 5.46. The third kappa shape index (κ3) is 3.28. The van der Waals surface area contributed by atoms with Crippen LogP contribution in [0.2, 0.25) is 0 Å². The van der Waals surface area contributed by atoms with E-state index in [2.05, 4.69) is 15.2 Å². The molecular weight excluding hydrogens is 380 g/mol. The molecule has 2 heterocycles. The summed E-state index contributed by atoms with van der Waals surface area (Å²) in [5.74, 6) is 0.105. The lowest BCUT2D eigenvalue weighted by Gasteiger charge is -2.06. The summed E-state index contributed by atoms with van der Waals surface area (Å²) in [7, 11) is 1.57. The number of pyridine rings is 1. The van der Waals surface area contributed by atoms with Crippen LogP contribution in [0, 0.1) is 13.8 Å². The summed E-state index contributed by atoms with van der Waals surface area (Å²) in [6.07, 6.45) is 0. The van der Waals surface area contributed by atoms with Crippen molar-refractivity contribution >= 4 is 33.4 Å². The molecule has 7 nitrogen and oxygen atoms in total. The van der Waals surface area contributed by atoms with E-state index in [-0.39, 0.29) is 11.6 Å². The quantitative estimate of drug-likeness (QED) is 0.459. The average Bonchev–Trinajstić information content (AvgIpc) is 3.00. The fourth-order valence-electron chi connectivity index (χ4n) is 3.65. The fourth-order valence-corrected chi connectivity index (χ4v) is 3.65. The second-order valence-electron chi connectivity index (χ2n) is 7.14. The van der Waals surface area contributed by atoms with Gasteiger partial charge in [-0.3, -0.25) is 9.78 Å². The highest BCUT2D eigenvalue weighted by molar-refractivity contribution is 6.07. The van der Waals surface area contributed by atoms with E-state index in [0.29, 0.717) is 34.5 Å². The second kappa shape index (κ2) is 7.59. The number of amides is 1. The summed E-state index contributed by atoms with van der Waals surface area (Å²) in [5.41, 5.74) is 3.92. The lowest BCUT2D eigenvalue weighted by atomic mass is 10.1. The molecule has 0 bridgehead atoms. The van der Waals surface area contributed by atoms with Crippen molar-refractivity contribution < 1.29 is 14.6 Å². The first-order valence-corrected chi connectivity index (χ1v) is 9.66. The molecule has 30 heavy (non-hydrogen) atoms. The van der Waals surface area contributed by atoms with Gasteiger partial charge in [-0.2, -0.15) is 0 Å². The first kappa shape index (κ1) is 19.6. The Morgan fingerprint density at radius 2 is 1.93 bits per heavy atom. The van der Waals surface area contributed by atoms with Gasteiger partial charge >= 0.3 is 0 Å². The molecule has 7 heteroatoms. The van der Waals surface area contributed by atoms with Crippen LogP contribution in [0.25, 0.3) is 21.8 Å². The van der Waals surface area contributed by atoms with Gasteiger partial charge in [0.1, 0.15) is 5.75 Å². The van der Waals surface area contributed by atoms with E-state index in [1.165, 1.54) is 0 Å². The number of aromatic nitrogens is 2. The Balaban J connectivity index is 1.82. The van der Waals surface area contributed by atoms with E-state index in [1.54, 1.807) is 35.9 Å². The maximum Gasteiger partial charge on any atom is 0.296 e. The van der Waals surface area contributed by atoms with Crippen LogP contribution >= 0.6 is 0 Å². The van der Waals surface area contributed by atoms with Gasteiger partial charge in [-0.25, -0.2) is 0 Å². The molecule has 0 unspecified atom stereocenters. The zero-order valence-electron chi connectivity index (χ0n) is 17.3. The molecule has 0 fully saturated rings. The molecule has 0 aliphatic rings. The first-order chi connectivity index (χ1) is 14.4. The van der Waals surface area contributed by atoms with Crippen LogP contribution in [-0.4, -0.2) is 27.7 Å². The number of hydrogen-bond acceptors (Lipinski definition) is 5. The van der Waals surface area contributed by atoms with E-state index in [1.807, 2.05) is 39.0 Å². The SMILES string of the molecule is CCn1c(O)c(N=NC(=O)c2cc(C)nc3ccc(OC)cc23)c2cc(C)ccc21. The number of benzene rings is 2. The monoisotopic (exact) mass is 402 g/mol. The number of aryl methyl sites for hydroxylation is 3. The summed E-state index contributed by atoms with van der Waals surface area (Å²) in [6, 6.07) is 12.9. The Bertz CT molecular complexity index is 1320. The van der Waals surface area contributed by atoms with E-state index < -0.39 is 5.91 Å². The molecule has 4 rings (SSSR count). The van der Waals surface area contributed by atoms with Crippen molar-refractivity contribution in [3.63, 3.8) is 0 Å². The molecule has 2 aromatic heterocycles. The molecular formula is C23H22N4O3. The maximum atomic E-state index is 13.0. The van der Waals surface area contributed by atoms with Crippen LogP contribution in [0.5, 0.6) is 11.6 Å². The van der Waals surface area contributed by atoms with Crippen molar-refractivity contribution in [2.75, 3.05) is 7.11 Å². The van der Waals surface area contributed by atoms with E-state index >= 15 is 0 Å². The molecule has 0 aliphatic heterocycles. The van der Waals surface area contributed by atoms with Gasteiger partial charge in [-0.1, -0.05) is 11.6 Å². The molecule has 2 aromatic carbocycles. The fraction of sp³-hybridized carbons (Fsp3) is 0.217. The van der Waals surface area contributed by atoms with Crippen LogP contribution in [-0.2, 0) is 6.54 Å². The smallest absolute Gasteiger partial charge is 0.296 e. The highest BCUT2D eigenvalue weighted by atomic mass is 16.5. The number of carbonyl (C=O) groups is 1. The van der Waals surface area contributed by atoms with Crippen molar-refractivity contribution in [3.8, 4) is 11.6 Å². The summed E-state index contributed by atoms with van der Waals surface area (Å²) < 4.78 is 7.02. The van der Waals surface area contributed by atoms with Gasteiger partial charge in [-0.15, -0.1) is 10.2 Å². The average molecular weight is 402 g/mol. The van der Waals surface area contributed by atoms with E-state index in [4.69, 9.17) is 4.74 Å². The lowest BCUT2D eigenvalue weighted by Crippen LogP contribution is -1.99. The maximum absolute atomic E-state index is 13.0. The van der Waals surface area contributed by atoms with Gasteiger partial charge in [0.05, 0.1) is 23.7 Å². The molecule has 1 amide bonds. The van der Waals surface area contributed by atoms with Gasteiger partial charge in [0, 0.05) is 23.0 Å². The Morgan fingerprint density at radius 3 is 2.67 bits per heavy atom. The molecule has 0 atom stereocenters. The number of methoxy groups -OCH3 is 1. The standard InChI is InChI=1S/C23H22N4O3/c1-5-27-20-9-6-13(2)10-18(20)21(23(27)29)25-26-22(28)17-11-14(3)24-19-8-7-15(30-4)12-16(17)19/h6-12,29H,5H2,1-4H3. The number of azo groups is 1. The number of hydrogen-bond donors (Lipinski definition) is 1. The Morgan fingerprint density at radius 1 is 1.13 bits per heavy atom. The van der Waals surface area contributed by atoms with Gasteiger partial charge in [0.15, 0.2) is 5.69 Å². The van der Waals surface area contributed by atoms with Crippen molar-refractivity contribution in [2.45, 2.75) is 27.3 Å². The number of fused-ring (bicyclic) bond motifs is 2. The number of aromatic hydroxyl groups is 1. The first-order valence-electron chi connectivity index (χ1n) is 9.66. The zero-order valence-corrected chi connectivity index (χ0v) is 17.3. The molecule has 152 valence electrons. The number of carbonyl (C=O) groups excluding carboxylic acids is 1. The number of ether oxygens (including phenoxy) is 1. The minimum Gasteiger partial charge on any atom is -0.497 e. The molecule has 4 aromatic rings. The van der Waals surface area contributed by atoms with Crippen LogP contribution in [0.3, 0.4) is 0 Å². The molecule has 0 spiro atoms. The normalized spacial score (nSPS) is 11.6. The van der Waals surface area contributed by atoms with E-state index in [9.17, 15) is 9.90 Å². The Kier molecular flexibility index (Phi) is 4.95. The van der Waals surface area contributed by atoms with Crippen molar-refractivity contribution in [2.24, 2.45) is 10.2 Å². The largest absolute Gasteiger partial charge is 0.497 e. The lowest BCUT2D eigenvalue weighted by molar-refractivity contribution is 0.0996. The zero-order chi connectivity index (χ0) is 21.4. The van der Waals surface area contributed by atoms with Gasteiger partial charge in [-0.05, 0) is 57.2 Å². The van der Waals surface area contributed by atoms with Gasteiger partial charge < -0.3 is 14.4 Å². The van der Waals surface area contributed by atoms with Gasteiger partial charge in [0.25, 0.3) is 5.91 Å². The predicted molar refractivity (Wildman–Crippen MR) is 116 cm³/mol. The Labute approximate surface area is 173 Å². The number of nitrogens with zero attached hydrogens (tertiary/aromatic N) is 4. The number of rotatable bonds is 4. The highest BCUT2D eigenvalue weighted by Gasteiger charge is 2.17. The van der Waals surface area contributed by atoms with Crippen molar-refractivity contribution in [3.05, 3.63) is 59.3 Å². The van der Waals surface area contributed by atoms with E-state index in [0.717, 1.165) is 16.5 Å². The second-order valence-corrected chi connectivity index (χ2v) is 7.14. The third-order valence-electron chi connectivity index (χ3n) is 5.10.